The summed E-state index contributed by atoms with van der Waals surface area (Å²) in [5, 5.41) is 2.68. The van der Waals surface area contributed by atoms with E-state index in [0.717, 1.165) is 5.56 Å². The van der Waals surface area contributed by atoms with Gasteiger partial charge in [0.1, 0.15) is 5.75 Å². The number of halogens is 2. The molecule has 1 N–H and O–H groups in total. The van der Waals surface area contributed by atoms with Gasteiger partial charge in [-0.3, -0.25) is 4.79 Å². The lowest BCUT2D eigenvalue weighted by molar-refractivity contribution is -0.116. The summed E-state index contributed by atoms with van der Waals surface area (Å²) in [4.78, 5) is 12.2. The normalized spacial score (nSPS) is 11.9. The maximum absolute atomic E-state index is 12.5. The Morgan fingerprint density at radius 2 is 1.67 bits per heavy atom. The van der Waals surface area contributed by atoms with E-state index >= 15 is 0 Å². The van der Waals surface area contributed by atoms with Crippen molar-refractivity contribution in [1.82, 2.24) is 9.62 Å². The van der Waals surface area contributed by atoms with Crippen LogP contribution in [0.3, 0.4) is 0 Å². The number of nitrogens with zero attached hydrogens (tertiary/aromatic N) is 1. The first kappa shape index (κ1) is 23.5. The quantitative estimate of drug-likeness (QED) is 0.575. The molecule has 2 aromatic carbocycles. The Morgan fingerprint density at radius 3 is 2.20 bits per heavy atom. The lowest BCUT2D eigenvalue weighted by atomic mass is 10.2. The molecule has 0 aliphatic rings. The molecule has 9 heteroatoms. The van der Waals surface area contributed by atoms with E-state index in [4.69, 9.17) is 0 Å². The molecule has 162 valence electrons. The van der Waals surface area contributed by atoms with Crippen molar-refractivity contribution in [3.05, 3.63) is 65.7 Å². The average molecular weight is 438 g/mol. The fourth-order valence-electron chi connectivity index (χ4n) is 2.67. The van der Waals surface area contributed by atoms with E-state index in [2.05, 4.69) is 10.1 Å². The molecular formula is C21H24F2N2O4S. The molecule has 30 heavy (non-hydrogen) atoms. The van der Waals surface area contributed by atoms with Gasteiger partial charge in [-0.1, -0.05) is 38.1 Å². The van der Waals surface area contributed by atoms with Gasteiger partial charge in [0, 0.05) is 25.7 Å². The summed E-state index contributed by atoms with van der Waals surface area (Å²) >= 11 is 0. The van der Waals surface area contributed by atoms with E-state index in [0.29, 0.717) is 18.7 Å². The van der Waals surface area contributed by atoms with E-state index in [1.165, 1.54) is 34.6 Å². The van der Waals surface area contributed by atoms with Crippen LogP contribution in [0.5, 0.6) is 5.75 Å². The maximum Gasteiger partial charge on any atom is 0.387 e. The van der Waals surface area contributed by atoms with Gasteiger partial charge in [0.25, 0.3) is 0 Å². The molecule has 0 bridgehead atoms. The first-order valence-corrected chi connectivity index (χ1v) is 10.8. The zero-order chi connectivity index (χ0) is 22.1. The van der Waals surface area contributed by atoms with Crippen molar-refractivity contribution in [3.8, 4) is 5.75 Å². The minimum absolute atomic E-state index is 0.0476. The van der Waals surface area contributed by atoms with E-state index < -0.39 is 16.6 Å². The van der Waals surface area contributed by atoms with Gasteiger partial charge >= 0.3 is 6.61 Å². The van der Waals surface area contributed by atoms with Crippen LogP contribution in [0.25, 0.3) is 6.08 Å². The van der Waals surface area contributed by atoms with Gasteiger partial charge in [-0.15, -0.1) is 0 Å². The summed E-state index contributed by atoms with van der Waals surface area (Å²) in [6.45, 7) is 1.68. The Hall–Kier alpha value is -2.78. The molecule has 0 saturated heterocycles. The molecule has 0 radical (unpaired) electrons. The Balaban J connectivity index is 1.92. The molecule has 0 aliphatic carbocycles. The number of benzene rings is 2. The number of sulfonamides is 1. The maximum atomic E-state index is 12.5. The molecule has 0 aromatic heterocycles. The first-order chi connectivity index (χ1) is 14.3. The standard InChI is InChI=1S/C21H24F2N2O4S/c1-3-25(4-2)30(27,28)19-12-7-16(8-13-19)9-14-20(26)24-15-17-5-10-18(11-6-17)29-21(22)23/h5-14,21H,3-4,15H2,1-2H3,(H,24,26)/b14-9+. The SMILES string of the molecule is CCN(CC)S(=O)(=O)c1ccc(/C=C/C(=O)NCc2ccc(OC(F)F)cc2)cc1. The van der Waals surface area contributed by atoms with Crippen LogP contribution in [0.1, 0.15) is 25.0 Å². The highest BCUT2D eigenvalue weighted by atomic mass is 32.2. The number of rotatable bonds is 10. The monoisotopic (exact) mass is 438 g/mol. The van der Waals surface area contributed by atoms with Crippen molar-refractivity contribution in [1.29, 1.82) is 0 Å². The van der Waals surface area contributed by atoms with Gasteiger partial charge < -0.3 is 10.1 Å². The van der Waals surface area contributed by atoms with Crippen molar-refractivity contribution in [3.63, 3.8) is 0 Å². The Bertz CT molecular complexity index is 956. The predicted octanol–water partition coefficient (Wildman–Crippen LogP) is 3.65. The second-order valence-corrected chi connectivity index (χ2v) is 8.17. The fraction of sp³-hybridized carbons (Fsp3) is 0.286. The smallest absolute Gasteiger partial charge is 0.387 e. The Labute approximate surface area is 175 Å². The van der Waals surface area contributed by atoms with E-state index in [1.807, 2.05) is 0 Å². The number of hydrogen-bond donors (Lipinski definition) is 1. The highest BCUT2D eigenvalue weighted by Crippen LogP contribution is 2.17. The number of hydrogen-bond acceptors (Lipinski definition) is 4. The summed E-state index contributed by atoms with van der Waals surface area (Å²) in [7, 11) is -3.52. The third kappa shape index (κ3) is 6.64. The lowest BCUT2D eigenvalue weighted by Crippen LogP contribution is -2.30. The summed E-state index contributed by atoms with van der Waals surface area (Å²) < 4.78 is 54.8. The second-order valence-electron chi connectivity index (χ2n) is 6.23. The molecule has 0 heterocycles. The minimum atomic E-state index is -3.52. The first-order valence-electron chi connectivity index (χ1n) is 9.36. The summed E-state index contributed by atoms with van der Waals surface area (Å²) in [5.41, 5.74) is 1.40. The van der Waals surface area contributed by atoms with Gasteiger partial charge in [-0.2, -0.15) is 13.1 Å². The number of ether oxygens (including phenoxy) is 1. The minimum Gasteiger partial charge on any atom is -0.435 e. The van der Waals surface area contributed by atoms with Gasteiger partial charge in [0.05, 0.1) is 4.90 Å². The van der Waals surface area contributed by atoms with Gasteiger partial charge in [-0.25, -0.2) is 8.42 Å². The van der Waals surface area contributed by atoms with Crippen LogP contribution in [0.2, 0.25) is 0 Å². The fourth-order valence-corrected chi connectivity index (χ4v) is 4.13. The van der Waals surface area contributed by atoms with Gasteiger partial charge in [0.2, 0.25) is 15.9 Å². The number of carbonyl (C=O) groups is 1. The van der Waals surface area contributed by atoms with Crippen LogP contribution in [0.15, 0.2) is 59.5 Å². The zero-order valence-corrected chi connectivity index (χ0v) is 17.5. The summed E-state index contributed by atoms with van der Waals surface area (Å²) in [5.74, 6) is -0.297. The molecule has 2 aromatic rings. The third-order valence-electron chi connectivity index (χ3n) is 4.27. The third-order valence-corrected chi connectivity index (χ3v) is 6.33. The molecule has 0 aliphatic heterocycles. The van der Waals surface area contributed by atoms with Crippen molar-refractivity contribution < 1.29 is 26.7 Å². The van der Waals surface area contributed by atoms with Crippen LogP contribution in [0.4, 0.5) is 8.78 Å². The van der Waals surface area contributed by atoms with E-state index in [-0.39, 0.29) is 23.1 Å². The van der Waals surface area contributed by atoms with E-state index in [1.54, 1.807) is 44.2 Å². The largest absolute Gasteiger partial charge is 0.435 e. The number of amides is 1. The molecule has 2 rings (SSSR count). The zero-order valence-electron chi connectivity index (χ0n) is 16.7. The van der Waals surface area contributed by atoms with Crippen LogP contribution in [0, 0.1) is 0 Å². The highest BCUT2D eigenvalue weighted by molar-refractivity contribution is 7.89. The number of carbonyl (C=O) groups excluding carboxylic acids is 1. The number of alkyl halides is 2. The van der Waals surface area contributed by atoms with Crippen molar-refractivity contribution in [2.24, 2.45) is 0 Å². The molecule has 0 atom stereocenters. The van der Waals surface area contributed by atoms with Crippen LogP contribution < -0.4 is 10.1 Å². The molecule has 0 unspecified atom stereocenters. The van der Waals surface area contributed by atoms with Crippen LogP contribution in [-0.4, -0.2) is 38.3 Å². The summed E-state index contributed by atoms with van der Waals surface area (Å²) in [6, 6.07) is 12.2. The van der Waals surface area contributed by atoms with Crippen LogP contribution >= 0.6 is 0 Å². The number of nitrogens with one attached hydrogen (secondary N) is 1. The van der Waals surface area contributed by atoms with Gasteiger partial charge in [-0.05, 0) is 41.5 Å². The molecule has 1 amide bonds. The topological polar surface area (TPSA) is 75.7 Å². The molecular weight excluding hydrogens is 414 g/mol. The van der Waals surface area contributed by atoms with Crippen molar-refractivity contribution >= 4 is 22.0 Å². The second kappa shape index (κ2) is 10.8. The average Bonchev–Trinajstić information content (AvgIpc) is 2.72. The Morgan fingerprint density at radius 1 is 1.07 bits per heavy atom. The van der Waals surface area contributed by atoms with Gasteiger partial charge in [0.15, 0.2) is 0 Å². The Kier molecular flexibility index (Phi) is 8.49. The van der Waals surface area contributed by atoms with Crippen LogP contribution in [-0.2, 0) is 21.4 Å². The predicted molar refractivity (Wildman–Crippen MR) is 111 cm³/mol. The highest BCUT2D eigenvalue weighted by Gasteiger charge is 2.20. The van der Waals surface area contributed by atoms with Crippen molar-refractivity contribution in [2.75, 3.05) is 13.1 Å². The van der Waals surface area contributed by atoms with E-state index in [9.17, 15) is 22.0 Å². The summed E-state index contributed by atoms with van der Waals surface area (Å²) in [6.07, 6.45) is 2.91. The molecule has 0 fully saturated rings. The van der Waals surface area contributed by atoms with Crippen molar-refractivity contribution in [2.45, 2.75) is 31.9 Å². The molecule has 0 saturated carbocycles. The molecule has 6 nitrogen and oxygen atoms in total. The molecule has 0 spiro atoms. The lowest BCUT2D eigenvalue weighted by Gasteiger charge is -2.18.